The fourth-order valence-corrected chi connectivity index (χ4v) is 1.31. The number of nitrogens with one attached hydrogen (secondary N) is 1. The van der Waals surface area contributed by atoms with Crippen LogP contribution in [0.15, 0.2) is 36.7 Å². The van der Waals surface area contributed by atoms with Gasteiger partial charge < -0.3 is 11.1 Å². The van der Waals surface area contributed by atoms with E-state index in [0.29, 0.717) is 12.5 Å². The first kappa shape index (κ1) is 10.6. The summed E-state index contributed by atoms with van der Waals surface area (Å²) < 4.78 is 0. The van der Waals surface area contributed by atoms with Gasteiger partial charge in [-0.2, -0.15) is 0 Å². The first-order chi connectivity index (χ1) is 7.78. The van der Waals surface area contributed by atoms with Crippen molar-refractivity contribution in [3.05, 3.63) is 47.8 Å². The lowest BCUT2D eigenvalue weighted by atomic mass is 10.2. The van der Waals surface area contributed by atoms with E-state index in [0.717, 1.165) is 16.8 Å². The Morgan fingerprint density at radius 3 is 2.31 bits per heavy atom. The Balaban J connectivity index is 2.11. The topological polar surface area (TPSA) is 63.8 Å². The van der Waals surface area contributed by atoms with Gasteiger partial charge in [0, 0.05) is 24.6 Å². The molecule has 0 unspecified atom stereocenters. The van der Waals surface area contributed by atoms with Crippen molar-refractivity contribution in [2.45, 2.75) is 13.5 Å². The van der Waals surface area contributed by atoms with Gasteiger partial charge in [0.05, 0.1) is 0 Å². The molecule has 0 bridgehead atoms. The van der Waals surface area contributed by atoms with Gasteiger partial charge in [-0.1, -0.05) is 12.1 Å². The third-order valence-electron chi connectivity index (χ3n) is 2.23. The molecule has 0 saturated carbocycles. The van der Waals surface area contributed by atoms with Gasteiger partial charge >= 0.3 is 0 Å². The zero-order valence-electron chi connectivity index (χ0n) is 9.14. The first-order valence-corrected chi connectivity index (χ1v) is 5.12. The molecule has 1 aromatic heterocycles. The lowest BCUT2D eigenvalue weighted by Gasteiger charge is -2.05. The number of rotatable bonds is 3. The smallest absolute Gasteiger partial charge is 0.227 e. The van der Waals surface area contributed by atoms with Crippen molar-refractivity contribution in [3.63, 3.8) is 0 Å². The van der Waals surface area contributed by atoms with Gasteiger partial charge in [-0.05, 0) is 30.2 Å². The maximum absolute atomic E-state index is 5.52. The molecule has 3 N–H and O–H groups in total. The fraction of sp³-hybridized carbons (Fsp3) is 0.167. The molecule has 0 fully saturated rings. The molecule has 82 valence electrons. The number of nitrogens with two attached hydrogens (primary N) is 1. The molecular formula is C12H14N4. The Morgan fingerprint density at radius 2 is 1.75 bits per heavy atom. The molecular weight excluding hydrogens is 200 g/mol. The second kappa shape index (κ2) is 4.72. The highest BCUT2D eigenvalue weighted by Gasteiger charge is 1.97. The number of aromatic nitrogens is 2. The standard InChI is InChI=1S/C12H14N4/c1-9-7-14-12(15-8-9)16-11-4-2-10(6-13)3-5-11/h2-5,7-8H,6,13H2,1H3,(H,14,15,16). The predicted octanol–water partition coefficient (Wildman–Crippen LogP) is 1.99. The summed E-state index contributed by atoms with van der Waals surface area (Å²) in [5, 5.41) is 3.12. The summed E-state index contributed by atoms with van der Waals surface area (Å²) in [7, 11) is 0. The molecule has 4 nitrogen and oxygen atoms in total. The van der Waals surface area contributed by atoms with E-state index in [1.54, 1.807) is 12.4 Å². The first-order valence-electron chi connectivity index (χ1n) is 5.12. The minimum absolute atomic E-state index is 0.557. The molecule has 16 heavy (non-hydrogen) atoms. The Hall–Kier alpha value is -1.94. The monoisotopic (exact) mass is 214 g/mol. The second-order valence-corrected chi connectivity index (χ2v) is 3.61. The van der Waals surface area contributed by atoms with Crippen LogP contribution in [0.3, 0.4) is 0 Å². The van der Waals surface area contributed by atoms with Crippen molar-refractivity contribution < 1.29 is 0 Å². The number of aryl methyl sites for hydroxylation is 1. The van der Waals surface area contributed by atoms with Crippen LogP contribution in [0.2, 0.25) is 0 Å². The van der Waals surface area contributed by atoms with E-state index < -0.39 is 0 Å². The summed E-state index contributed by atoms with van der Waals surface area (Å²) in [6, 6.07) is 7.89. The Bertz CT molecular complexity index is 447. The summed E-state index contributed by atoms with van der Waals surface area (Å²) >= 11 is 0. The summed E-state index contributed by atoms with van der Waals surface area (Å²) in [4.78, 5) is 8.34. The molecule has 0 saturated heterocycles. The molecule has 2 aromatic rings. The van der Waals surface area contributed by atoms with Gasteiger partial charge in [-0.15, -0.1) is 0 Å². The van der Waals surface area contributed by atoms with Gasteiger partial charge in [-0.3, -0.25) is 0 Å². The van der Waals surface area contributed by atoms with Gasteiger partial charge in [0.2, 0.25) is 5.95 Å². The number of hydrogen-bond donors (Lipinski definition) is 2. The van der Waals surface area contributed by atoms with Crippen molar-refractivity contribution in [1.29, 1.82) is 0 Å². The Morgan fingerprint density at radius 1 is 1.12 bits per heavy atom. The molecule has 0 aliphatic heterocycles. The predicted molar refractivity (Wildman–Crippen MR) is 64.4 cm³/mol. The van der Waals surface area contributed by atoms with Crippen LogP contribution in [-0.2, 0) is 6.54 Å². The quantitative estimate of drug-likeness (QED) is 0.820. The van der Waals surface area contributed by atoms with Crippen molar-refractivity contribution in [2.75, 3.05) is 5.32 Å². The molecule has 0 atom stereocenters. The van der Waals surface area contributed by atoms with Crippen LogP contribution in [0, 0.1) is 6.92 Å². The third kappa shape index (κ3) is 2.55. The van der Waals surface area contributed by atoms with E-state index in [2.05, 4.69) is 15.3 Å². The minimum Gasteiger partial charge on any atom is -0.326 e. The number of benzene rings is 1. The van der Waals surface area contributed by atoms with Crippen molar-refractivity contribution >= 4 is 11.6 Å². The van der Waals surface area contributed by atoms with Gasteiger partial charge in [0.15, 0.2) is 0 Å². The van der Waals surface area contributed by atoms with E-state index in [1.165, 1.54) is 0 Å². The van der Waals surface area contributed by atoms with Crippen molar-refractivity contribution in [1.82, 2.24) is 9.97 Å². The van der Waals surface area contributed by atoms with Crippen molar-refractivity contribution in [2.24, 2.45) is 5.73 Å². The maximum atomic E-state index is 5.52. The lowest BCUT2D eigenvalue weighted by Crippen LogP contribution is -1.98. The molecule has 1 aromatic carbocycles. The molecule has 0 amide bonds. The number of hydrogen-bond acceptors (Lipinski definition) is 4. The summed E-state index contributed by atoms with van der Waals surface area (Å²) in [5.41, 5.74) is 8.64. The van der Waals surface area contributed by atoms with Crippen molar-refractivity contribution in [3.8, 4) is 0 Å². The van der Waals surface area contributed by atoms with Crippen LogP contribution in [0.25, 0.3) is 0 Å². The SMILES string of the molecule is Cc1cnc(Nc2ccc(CN)cc2)nc1. The maximum Gasteiger partial charge on any atom is 0.227 e. The summed E-state index contributed by atoms with van der Waals surface area (Å²) in [6.07, 6.45) is 3.56. The number of nitrogens with zero attached hydrogens (tertiary/aromatic N) is 2. The molecule has 0 spiro atoms. The van der Waals surface area contributed by atoms with Gasteiger partial charge in [-0.25, -0.2) is 9.97 Å². The van der Waals surface area contributed by atoms with E-state index in [4.69, 9.17) is 5.73 Å². The normalized spacial score (nSPS) is 10.1. The largest absolute Gasteiger partial charge is 0.326 e. The number of anilines is 2. The van der Waals surface area contributed by atoms with Gasteiger partial charge in [0.1, 0.15) is 0 Å². The average Bonchev–Trinajstić information content (AvgIpc) is 2.33. The van der Waals surface area contributed by atoms with Crippen LogP contribution in [-0.4, -0.2) is 9.97 Å². The Labute approximate surface area is 94.5 Å². The Kier molecular flexibility index (Phi) is 3.12. The van der Waals surface area contributed by atoms with E-state index in [-0.39, 0.29) is 0 Å². The molecule has 0 radical (unpaired) electrons. The lowest BCUT2D eigenvalue weighted by molar-refractivity contribution is 1.07. The van der Waals surface area contributed by atoms with Crippen LogP contribution in [0.4, 0.5) is 11.6 Å². The van der Waals surface area contributed by atoms with Gasteiger partial charge in [0.25, 0.3) is 0 Å². The highest BCUT2D eigenvalue weighted by Crippen LogP contribution is 2.13. The molecule has 4 heteroatoms. The minimum atomic E-state index is 0.557. The van der Waals surface area contributed by atoms with Crippen LogP contribution < -0.4 is 11.1 Å². The summed E-state index contributed by atoms with van der Waals surface area (Å²) in [5.74, 6) is 0.603. The zero-order valence-corrected chi connectivity index (χ0v) is 9.14. The van der Waals surface area contributed by atoms with Crippen LogP contribution in [0.5, 0.6) is 0 Å². The fourth-order valence-electron chi connectivity index (χ4n) is 1.31. The highest BCUT2D eigenvalue weighted by molar-refractivity contribution is 5.53. The molecule has 2 rings (SSSR count). The third-order valence-corrected chi connectivity index (χ3v) is 2.23. The second-order valence-electron chi connectivity index (χ2n) is 3.61. The average molecular weight is 214 g/mol. The highest BCUT2D eigenvalue weighted by atomic mass is 15.1. The van der Waals surface area contributed by atoms with E-state index >= 15 is 0 Å². The zero-order chi connectivity index (χ0) is 11.4. The summed E-state index contributed by atoms with van der Waals surface area (Å²) in [6.45, 7) is 2.52. The molecule has 0 aliphatic rings. The van der Waals surface area contributed by atoms with Crippen LogP contribution >= 0.6 is 0 Å². The molecule has 1 heterocycles. The van der Waals surface area contributed by atoms with E-state index in [9.17, 15) is 0 Å². The van der Waals surface area contributed by atoms with Crippen LogP contribution in [0.1, 0.15) is 11.1 Å². The molecule has 0 aliphatic carbocycles. The van der Waals surface area contributed by atoms with E-state index in [1.807, 2.05) is 31.2 Å².